The van der Waals surface area contributed by atoms with E-state index in [2.05, 4.69) is 25.6 Å². The van der Waals surface area contributed by atoms with E-state index in [1.807, 2.05) is 24.3 Å². The number of pyridine rings is 2. The topological polar surface area (TPSA) is 120 Å². The van der Waals surface area contributed by atoms with Gasteiger partial charge in [0, 0.05) is 48.7 Å². The molecule has 0 atom stereocenters. The summed E-state index contributed by atoms with van der Waals surface area (Å²) >= 11 is 6.17. The highest BCUT2D eigenvalue weighted by molar-refractivity contribution is 6.35. The maximum absolute atomic E-state index is 12.7. The van der Waals surface area contributed by atoms with Crippen LogP contribution in [0.2, 0.25) is 5.02 Å². The van der Waals surface area contributed by atoms with Crippen LogP contribution in [0.4, 0.5) is 4.79 Å². The van der Waals surface area contributed by atoms with Gasteiger partial charge < -0.3 is 20.7 Å². The lowest BCUT2D eigenvalue weighted by Crippen LogP contribution is -2.23. The standard InChI is InChI=1S/C23H20ClN5O3/c24-19-12-27-20-4-3-14(8-18(19)20)10-28-22(30)17-7-15(9-25-11-17)6-16-2-1-5-26-21(16)13-29-23(31)32/h1-5,7-9,11-12,27,29H,6,10,13H2,(H,28,30)(H,31,32). The molecule has 4 N–H and O–H groups in total. The highest BCUT2D eigenvalue weighted by atomic mass is 35.5. The zero-order chi connectivity index (χ0) is 22.5. The molecule has 0 unspecified atom stereocenters. The first-order valence-corrected chi connectivity index (χ1v) is 10.2. The van der Waals surface area contributed by atoms with Crippen LogP contribution < -0.4 is 10.6 Å². The molecule has 2 amide bonds. The van der Waals surface area contributed by atoms with Crippen molar-refractivity contribution in [2.24, 2.45) is 0 Å². The van der Waals surface area contributed by atoms with Gasteiger partial charge in [0.15, 0.2) is 0 Å². The fourth-order valence-corrected chi connectivity index (χ4v) is 3.62. The van der Waals surface area contributed by atoms with E-state index < -0.39 is 6.09 Å². The minimum absolute atomic E-state index is 0.106. The van der Waals surface area contributed by atoms with Crippen molar-refractivity contribution in [1.29, 1.82) is 0 Å². The molecular weight excluding hydrogens is 430 g/mol. The minimum atomic E-state index is -1.11. The van der Waals surface area contributed by atoms with E-state index in [1.165, 1.54) is 6.20 Å². The van der Waals surface area contributed by atoms with Gasteiger partial charge in [-0.05, 0) is 41.0 Å². The number of hydrogen-bond donors (Lipinski definition) is 4. The van der Waals surface area contributed by atoms with Crippen molar-refractivity contribution in [1.82, 2.24) is 25.6 Å². The molecule has 4 aromatic rings. The molecule has 0 spiro atoms. The first-order valence-electron chi connectivity index (χ1n) is 9.87. The summed E-state index contributed by atoms with van der Waals surface area (Å²) in [6.07, 6.45) is 5.90. The number of fused-ring (bicyclic) bond motifs is 1. The lowest BCUT2D eigenvalue weighted by atomic mass is 10.0. The third kappa shape index (κ3) is 5.04. The third-order valence-electron chi connectivity index (χ3n) is 4.99. The summed E-state index contributed by atoms with van der Waals surface area (Å²) in [6, 6.07) is 11.2. The van der Waals surface area contributed by atoms with Crippen LogP contribution in [0, 0.1) is 0 Å². The third-order valence-corrected chi connectivity index (χ3v) is 5.30. The van der Waals surface area contributed by atoms with E-state index >= 15 is 0 Å². The van der Waals surface area contributed by atoms with E-state index in [4.69, 9.17) is 16.7 Å². The number of nitrogens with zero attached hydrogens (tertiary/aromatic N) is 2. The molecule has 162 valence electrons. The molecule has 32 heavy (non-hydrogen) atoms. The fourth-order valence-electron chi connectivity index (χ4n) is 3.41. The number of nitrogens with one attached hydrogen (secondary N) is 3. The number of aromatic amines is 1. The molecule has 3 heterocycles. The van der Waals surface area contributed by atoms with Crippen molar-refractivity contribution in [2.45, 2.75) is 19.5 Å². The quantitative estimate of drug-likeness (QED) is 0.341. The molecule has 0 saturated heterocycles. The Kier molecular flexibility index (Phi) is 6.32. The van der Waals surface area contributed by atoms with Gasteiger partial charge in [-0.15, -0.1) is 0 Å². The first-order chi connectivity index (χ1) is 15.5. The van der Waals surface area contributed by atoms with Crippen LogP contribution in [0.25, 0.3) is 10.9 Å². The number of carbonyl (C=O) groups is 2. The van der Waals surface area contributed by atoms with E-state index in [9.17, 15) is 9.59 Å². The van der Waals surface area contributed by atoms with Crippen molar-refractivity contribution < 1.29 is 14.7 Å². The van der Waals surface area contributed by atoms with Gasteiger partial charge in [0.1, 0.15) is 0 Å². The second-order valence-corrected chi connectivity index (χ2v) is 7.63. The molecule has 0 bridgehead atoms. The molecule has 0 aliphatic carbocycles. The van der Waals surface area contributed by atoms with Crippen molar-refractivity contribution in [3.8, 4) is 0 Å². The minimum Gasteiger partial charge on any atom is -0.465 e. The number of benzene rings is 1. The van der Waals surface area contributed by atoms with Crippen LogP contribution in [0.3, 0.4) is 0 Å². The van der Waals surface area contributed by atoms with Crippen LogP contribution in [-0.2, 0) is 19.5 Å². The molecule has 4 rings (SSSR count). The van der Waals surface area contributed by atoms with Gasteiger partial charge in [-0.25, -0.2) is 4.79 Å². The normalized spacial score (nSPS) is 10.8. The predicted octanol–water partition coefficient (Wildman–Crippen LogP) is 3.90. The molecule has 0 radical (unpaired) electrons. The average molecular weight is 450 g/mol. The van der Waals surface area contributed by atoms with Gasteiger partial charge in [-0.2, -0.15) is 0 Å². The molecule has 0 fully saturated rings. The second-order valence-electron chi connectivity index (χ2n) is 7.23. The van der Waals surface area contributed by atoms with E-state index in [0.717, 1.165) is 27.6 Å². The Morgan fingerprint density at radius 1 is 1.06 bits per heavy atom. The maximum atomic E-state index is 12.7. The lowest BCUT2D eigenvalue weighted by Gasteiger charge is -2.10. The van der Waals surface area contributed by atoms with E-state index in [0.29, 0.717) is 29.2 Å². The van der Waals surface area contributed by atoms with Crippen LogP contribution in [-0.4, -0.2) is 32.1 Å². The number of H-pyrrole nitrogens is 1. The molecule has 8 nitrogen and oxygen atoms in total. The summed E-state index contributed by atoms with van der Waals surface area (Å²) in [4.78, 5) is 35.0. The Hall–Kier alpha value is -3.91. The Morgan fingerprint density at radius 2 is 1.94 bits per heavy atom. The van der Waals surface area contributed by atoms with Crippen molar-refractivity contribution in [2.75, 3.05) is 0 Å². The monoisotopic (exact) mass is 449 g/mol. The SMILES string of the molecule is O=C(O)NCc1ncccc1Cc1cncc(C(=O)NCc2ccc3[nH]cc(Cl)c3c2)c1. The molecule has 1 aromatic carbocycles. The van der Waals surface area contributed by atoms with Crippen molar-refractivity contribution in [3.63, 3.8) is 0 Å². The lowest BCUT2D eigenvalue weighted by molar-refractivity contribution is 0.0950. The fraction of sp³-hybridized carbons (Fsp3) is 0.130. The summed E-state index contributed by atoms with van der Waals surface area (Å²) < 4.78 is 0. The first kappa shape index (κ1) is 21.3. The molecular formula is C23H20ClN5O3. The Morgan fingerprint density at radius 3 is 2.78 bits per heavy atom. The molecule has 0 aliphatic rings. The van der Waals surface area contributed by atoms with Crippen molar-refractivity contribution >= 4 is 34.5 Å². The van der Waals surface area contributed by atoms with Gasteiger partial charge in [0.25, 0.3) is 5.91 Å². The number of carboxylic acid groups (broad SMARTS) is 1. The predicted molar refractivity (Wildman–Crippen MR) is 121 cm³/mol. The van der Waals surface area contributed by atoms with Gasteiger partial charge in [-0.1, -0.05) is 23.7 Å². The number of amides is 2. The second kappa shape index (κ2) is 9.49. The Labute approximate surface area is 188 Å². The largest absolute Gasteiger partial charge is 0.465 e. The van der Waals surface area contributed by atoms with E-state index in [1.54, 1.807) is 30.7 Å². The van der Waals surface area contributed by atoms with Crippen LogP contribution in [0.1, 0.15) is 32.7 Å². The zero-order valence-electron chi connectivity index (χ0n) is 16.9. The average Bonchev–Trinajstić information content (AvgIpc) is 3.17. The summed E-state index contributed by atoms with van der Waals surface area (Å²) in [5.74, 6) is -0.237. The highest BCUT2D eigenvalue weighted by Gasteiger charge is 2.11. The highest BCUT2D eigenvalue weighted by Crippen LogP contribution is 2.24. The summed E-state index contributed by atoms with van der Waals surface area (Å²) in [7, 11) is 0. The Bertz CT molecular complexity index is 1290. The van der Waals surface area contributed by atoms with Crippen molar-refractivity contribution in [3.05, 3.63) is 94.2 Å². The molecule has 3 aromatic heterocycles. The number of halogens is 1. The molecule has 0 saturated carbocycles. The maximum Gasteiger partial charge on any atom is 0.404 e. The number of hydrogen-bond acceptors (Lipinski definition) is 4. The van der Waals surface area contributed by atoms with Crippen LogP contribution in [0.5, 0.6) is 0 Å². The smallest absolute Gasteiger partial charge is 0.404 e. The molecule has 9 heteroatoms. The zero-order valence-corrected chi connectivity index (χ0v) is 17.7. The number of rotatable bonds is 7. The van der Waals surface area contributed by atoms with Crippen LogP contribution >= 0.6 is 11.6 Å². The van der Waals surface area contributed by atoms with E-state index in [-0.39, 0.29) is 12.5 Å². The summed E-state index contributed by atoms with van der Waals surface area (Å²) in [5, 5.41) is 15.6. The Balaban J connectivity index is 1.44. The summed E-state index contributed by atoms with van der Waals surface area (Å²) in [5.41, 5.74) is 4.62. The summed E-state index contributed by atoms with van der Waals surface area (Å²) in [6.45, 7) is 0.461. The van der Waals surface area contributed by atoms with Gasteiger partial charge in [0.05, 0.1) is 22.8 Å². The van der Waals surface area contributed by atoms with Gasteiger partial charge >= 0.3 is 6.09 Å². The molecule has 0 aliphatic heterocycles. The van der Waals surface area contributed by atoms with Gasteiger partial charge in [0.2, 0.25) is 0 Å². The van der Waals surface area contributed by atoms with Gasteiger partial charge in [-0.3, -0.25) is 14.8 Å². The number of carbonyl (C=O) groups excluding carboxylic acids is 1. The number of aromatic nitrogens is 3. The van der Waals surface area contributed by atoms with Crippen LogP contribution in [0.15, 0.2) is 61.2 Å².